The van der Waals surface area contributed by atoms with Crippen molar-refractivity contribution in [2.45, 2.75) is 117 Å². The minimum absolute atomic E-state index is 0.131. The van der Waals surface area contributed by atoms with E-state index in [1.165, 1.54) is 82.6 Å². The molecule has 1 heterocycles. The number of hydrogen-bond donors (Lipinski definition) is 1. The van der Waals surface area contributed by atoms with E-state index in [9.17, 15) is 0 Å². The predicted octanol–water partition coefficient (Wildman–Crippen LogP) is 8.55. The van der Waals surface area contributed by atoms with Crippen LogP contribution >= 0.6 is 0 Å². The molecular formula is C30H50N4. The lowest BCUT2D eigenvalue weighted by atomic mass is 9.86. The lowest BCUT2D eigenvalue weighted by Crippen LogP contribution is -2.28. The number of aromatic nitrogens is 2. The Hall–Kier alpha value is -2.10. The lowest BCUT2D eigenvalue weighted by molar-refractivity contribution is 0.570. The van der Waals surface area contributed by atoms with Gasteiger partial charge in [0.05, 0.1) is 17.6 Å². The van der Waals surface area contributed by atoms with Crippen LogP contribution < -0.4 is 10.6 Å². The van der Waals surface area contributed by atoms with Gasteiger partial charge in [-0.3, -0.25) is 0 Å². The fraction of sp³-hybridized carbons (Fsp3) is 0.667. The van der Waals surface area contributed by atoms with Crippen molar-refractivity contribution in [2.24, 2.45) is 0 Å². The molecule has 190 valence electrons. The van der Waals surface area contributed by atoms with Gasteiger partial charge in [0.15, 0.2) is 0 Å². The maximum Gasteiger partial charge on any atom is 0.225 e. The first-order valence-electron chi connectivity index (χ1n) is 13.8. The number of anilines is 2. The monoisotopic (exact) mass is 466 g/mol. The summed E-state index contributed by atoms with van der Waals surface area (Å²) in [5.41, 5.74) is 10.3. The van der Waals surface area contributed by atoms with Crippen molar-refractivity contribution < 1.29 is 0 Å². The highest BCUT2D eigenvalue weighted by molar-refractivity contribution is 5.73. The number of unbranched alkanes of at least 4 members (excludes halogenated alkanes) is 10. The molecular weight excluding hydrogens is 416 g/mol. The Labute approximate surface area is 209 Å². The molecule has 0 spiro atoms. The van der Waals surface area contributed by atoms with E-state index in [2.05, 4.69) is 68.8 Å². The normalized spacial score (nSPS) is 11.7. The minimum Gasteiger partial charge on any atom is -0.396 e. The molecule has 0 saturated carbocycles. The van der Waals surface area contributed by atoms with Crippen molar-refractivity contribution in [3.8, 4) is 11.3 Å². The Morgan fingerprint density at radius 3 is 1.74 bits per heavy atom. The van der Waals surface area contributed by atoms with E-state index in [0.29, 0.717) is 5.69 Å². The Kier molecular flexibility index (Phi) is 12.4. The highest BCUT2D eigenvalue weighted by Gasteiger charge is 2.16. The Morgan fingerprint density at radius 2 is 1.24 bits per heavy atom. The minimum atomic E-state index is 0.131. The van der Waals surface area contributed by atoms with Crippen molar-refractivity contribution in [3.05, 3.63) is 36.0 Å². The highest BCUT2D eigenvalue weighted by atomic mass is 15.2. The summed E-state index contributed by atoms with van der Waals surface area (Å²) in [4.78, 5) is 12.0. The van der Waals surface area contributed by atoms with Crippen LogP contribution in [0.15, 0.2) is 30.5 Å². The number of hydrogen-bond acceptors (Lipinski definition) is 4. The standard InChI is InChI=1S/C30H50N4/c1-6-8-10-12-14-16-22-34(23-17-15-13-11-9-7-2)29-32-24-27(31)28(33-29)25-18-20-26(21-19-25)30(3,4)5/h18-21,24H,6-17,22-23,31H2,1-5H3. The molecule has 2 aromatic rings. The quantitative estimate of drug-likeness (QED) is 0.252. The van der Waals surface area contributed by atoms with Crippen molar-refractivity contribution in [1.82, 2.24) is 9.97 Å². The molecule has 34 heavy (non-hydrogen) atoms. The van der Waals surface area contributed by atoms with Gasteiger partial charge in [-0.25, -0.2) is 9.97 Å². The van der Waals surface area contributed by atoms with Crippen LogP contribution in [0.4, 0.5) is 11.6 Å². The lowest BCUT2D eigenvalue weighted by Gasteiger charge is -2.24. The number of nitrogens with two attached hydrogens (primary N) is 1. The van der Waals surface area contributed by atoms with Gasteiger partial charge in [-0.2, -0.15) is 0 Å². The average molecular weight is 467 g/mol. The molecule has 0 atom stereocenters. The molecule has 0 unspecified atom stereocenters. The number of rotatable bonds is 16. The maximum absolute atomic E-state index is 6.34. The van der Waals surface area contributed by atoms with Crippen molar-refractivity contribution in [2.75, 3.05) is 23.7 Å². The fourth-order valence-electron chi connectivity index (χ4n) is 4.37. The fourth-order valence-corrected chi connectivity index (χ4v) is 4.37. The molecule has 0 aliphatic carbocycles. The largest absolute Gasteiger partial charge is 0.396 e. The molecule has 0 saturated heterocycles. The zero-order valence-electron chi connectivity index (χ0n) is 22.7. The van der Waals surface area contributed by atoms with E-state index in [-0.39, 0.29) is 5.41 Å². The molecule has 0 radical (unpaired) electrons. The van der Waals surface area contributed by atoms with Gasteiger partial charge < -0.3 is 10.6 Å². The van der Waals surface area contributed by atoms with Crippen molar-refractivity contribution in [3.63, 3.8) is 0 Å². The van der Waals surface area contributed by atoms with E-state index < -0.39 is 0 Å². The summed E-state index contributed by atoms with van der Waals surface area (Å²) in [6, 6.07) is 8.69. The first-order valence-corrected chi connectivity index (χ1v) is 13.8. The Morgan fingerprint density at radius 1 is 0.735 bits per heavy atom. The van der Waals surface area contributed by atoms with Gasteiger partial charge in [-0.05, 0) is 23.8 Å². The Balaban J connectivity index is 2.11. The van der Waals surface area contributed by atoms with E-state index in [0.717, 1.165) is 30.3 Å². The topological polar surface area (TPSA) is 55.0 Å². The molecule has 0 fully saturated rings. The molecule has 0 bridgehead atoms. The van der Waals surface area contributed by atoms with Crippen molar-refractivity contribution in [1.29, 1.82) is 0 Å². The molecule has 0 amide bonds. The molecule has 1 aromatic heterocycles. The summed E-state index contributed by atoms with van der Waals surface area (Å²) in [5.74, 6) is 0.825. The van der Waals surface area contributed by atoms with Gasteiger partial charge in [0.2, 0.25) is 5.95 Å². The van der Waals surface area contributed by atoms with Gasteiger partial charge in [0.25, 0.3) is 0 Å². The number of nitrogen functional groups attached to an aromatic ring is 1. The summed E-state index contributed by atoms with van der Waals surface area (Å²) < 4.78 is 0. The van der Waals surface area contributed by atoms with Gasteiger partial charge in [0.1, 0.15) is 0 Å². The highest BCUT2D eigenvalue weighted by Crippen LogP contribution is 2.29. The number of nitrogens with zero attached hydrogens (tertiary/aromatic N) is 3. The smallest absolute Gasteiger partial charge is 0.225 e. The number of benzene rings is 1. The third-order valence-corrected chi connectivity index (χ3v) is 6.67. The van der Waals surface area contributed by atoms with Crippen LogP contribution in [0.5, 0.6) is 0 Å². The molecule has 2 rings (SSSR count). The van der Waals surface area contributed by atoms with E-state index in [1.54, 1.807) is 6.20 Å². The van der Waals surface area contributed by atoms with Crippen molar-refractivity contribution >= 4 is 11.6 Å². The molecule has 4 nitrogen and oxygen atoms in total. The second-order valence-corrected chi connectivity index (χ2v) is 10.8. The molecule has 0 aliphatic rings. The third kappa shape index (κ3) is 9.64. The van der Waals surface area contributed by atoms with Crippen LogP contribution in [0.2, 0.25) is 0 Å². The first kappa shape index (κ1) is 28.1. The summed E-state index contributed by atoms with van der Waals surface area (Å²) in [5, 5.41) is 0. The van der Waals surface area contributed by atoms with Gasteiger partial charge in [-0.1, -0.05) is 123 Å². The van der Waals surface area contributed by atoms with Gasteiger partial charge in [-0.15, -0.1) is 0 Å². The van der Waals surface area contributed by atoms with Crippen LogP contribution in [-0.4, -0.2) is 23.1 Å². The van der Waals surface area contributed by atoms with E-state index in [4.69, 9.17) is 10.7 Å². The molecule has 1 aromatic carbocycles. The first-order chi connectivity index (χ1) is 16.4. The van der Waals surface area contributed by atoms with Crippen LogP contribution in [-0.2, 0) is 5.41 Å². The van der Waals surface area contributed by atoms with Crippen LogP contribution in [0.25, 0.3) is 11.3 Å². The molecule has 2 N–H and O–H groups in total. The summed E-state index contributed by atoms with van der Waals surface area (Å²) in [7, 11) is 0. The predicted molar refractivity (Wildman–Crippen MR) is 150 cm³/mol. The zero-order valence-corrected chi connectivity index (χ0v) is 22.7. The SMILES string of the molecule is CCCCCCCCN(CCCCCCCC)c1ncc(N)c(-c2ccc(C(C)(C)C)cc2)n1. The summed E-state index contributed by atoms with van der Waals surface area (Å²) >= 11 is 0. The molecule has 0 aliphatic heterocycles. The second kappa shape index (κ2) is 15.0. The maximum atomic E-state index is 6.34. The van der Waals surface area contributed by atoms with Crippen LogP contribution in [0.3, 0.4) is 0 Å². The van der Waals surface area contributed by atoms with E-state index in [1.807, 2.05) is 0 Å². The van der Waals surface area contributed by atoms with E-state index >= 15 is 0 Å². The third-order valence-electron chi connectivity index (χ3n) is 6.67. The summed E-state index contributed by atoms with van der Waals surface area (Å²) in [6.07, 6.45) is 17.4. The zero-order chi connectivity index (χ0) is 24.8. The molecule has 4 heteroatoms. The van der Waals surface area contributed by atoms with Gasteiger partial charge >= 0.3 is 0 Å². The average Bonchev–Trinajstić information content (AvgIpc) is 2.82. The Bertz CT molecular complexity index is 792. The van der Waals surface area contributed by atoms with Gasteiger partial charge in [0, 0.05) is 18.7 Å². The summed E-state index contributed by atoms with van der Waals surface area (Å²) in [6.45, 7) is 13.3. The van der Waals surface area contributed by atoms with Crippen LogP contribution in [0.1, 0.15) is 117 Å². The second-order valence-electron chi connectivity index (χ2n) is 10.8. The van der Waals surface area contributed by atoms with Crippen LogP contribution in [0, 0.1) is 0 Å².